The van der Waals surface area contributed by atoms with Crippen molar-refractivity contribution in [1.29, 1.82) is 0 Å². The van der Waals surface area contributed by atoms with E-state index in [1.807, 2.05) is 30.3 Å². The maximum atomic E-state index is 12.6. The summed E-state index contributed by atoms with van der Waals surface area (Å²) in [4.78, 5) is 26.2. The van der Waals surface area contributed by atoms with Crippen LogP contribution in [0.3, 0.4) is 0 Å². The van der Waals surface area contributed by atoms with Crippen LogP contribution in [0.5, 0.6) is 0 Å². The van der Waals surface area contributed by atoms with Crippen molar-refractivity contribution in [1.82, 2.24) is 4.90 Å². The van der Waals surface area contributed by atoms with E-state index in [2.05, 4.69) is 10.2 Å². The molecule has 0 bridgehead atoms. The van der Waals surface area contributed by atoms with E-state index in [9.17, 15) is 9.59 Å². The number of nitrogens with zero attached hydrogens (tertiary/aromatic N) is 1. The predicted molar refractivity (Wildman–Crippen MR) is 116 cm³/mol. The number of imide groups is 1. The number of halogens is 2. The fourth-order valence-corrected chi connectivity index (χ4v) is 4.33. The molecule has 0 aromatic heterocycles. The van der Waals surface area contributed by atoms with Gasteiger partial charge in [0, 0.05) is 27.2 Å². The minimum absolute atomic E-state index is 0.239. The Balaban J connectivity index is 1.82. The topological polar surface area (TPSA) is 46.6 Å². The summed E-state index contributed by atoms with van der Waals surface area (Å²) in [6, 6.07) is 13.2. The number of benzene rings is 2. The number of hydrogen-bond donors (Lipinski definition) is 0. The van der Waals surface area contributed by atoms with Crippen LogP contribution in [0, 0.1) is 0 Å². The molecular formula is C22H22Cl2NO3Si. The molecule has 2 amide bonds. The number of ether oxygens (including phenoxy) is 1. The van der Waals surface area contributed by atoms with E-state index < -0.39 is 16.9 Å². The molecule has 0 unspecified atom stereocenters. The van der Waals surface area contributed by atoms with Gasteiger partial charge >= 0.3 is 6.09 Å². The molecule has 1 saturated heterocycles. The van der Waals surface area contributed by atoms with Crippen LogP contribution in [0.1, 0.15) is 39.2 Å². The van der Waals surface area contributed by atoms with Crippen molar-refractivity contribution < 1.29 is 14.3 Å². The number of carbonyl (C=O) groups excluding carboxylic acids is 2. The number of rotatable bonds is 3. The highest BCUT2D eigenvalue weighted by Gasteiger charge is 2.47. The van der Waals surface area contributed by atoms with Crippen molar-refractivity contribution in [3.05, 3.63) is 58.1 Å². The molecule has 2 aromatic carbocycles. The lowest BCUT2D eigenvalue weighted by Gasteiger charge is -2.35. The van der Waals surface area contributed by atoms with Gasteiger partial charge in [0.15, 0.2) is 0 Å². The molecule has 0 N–H and O–H groups in total. The number of amides is 2. The molecule has 0 spiro atoms. The van der Waals surface area contributed by atoms with Gasteiger partial charge in [-0.3, -0.25) is 4.79 Å². The molecule has 29 heavy (non-hydrogen) atoms. The molecule has 151 valence electrons. The maximum Gasteiger partial charge on any atom is 0.417 e. The summed E-state index contributed by atoms with van der Waals surface area (Å²) in [5, 5.41) is 0.426. The third kappa shape index (κ3) is 5.03. The quantitative estimate of drug-likeness (QED) is 0.574. The first kappa shape index (κ1) is 21.9. The molecule has 7 heteroatoms. The fourth-order valence-electron chi connectivity index (χ4n) is 3.39. The summed E-state index contributed by atoms with van der Waals surface area (Å²) < 4.78 is 5.43. The fraction of sp³-hybridized carbons (Fsp3) is 0.364. The Hall–Kier alpha value is -1.82. The van der Waals surface area contributed by atoms with E-state index in [1.54, 1.807) is 32.9 Å². The second-order valence-electron chi connectivity index (χ2n) is 8.24. The monoisotopic (exact) mass is 446 g/mol. The molecule has 1 heterocycles. The second-order valence-corrected chi connectivity index (χ2v) is 10.0. The predicted octanol–water partition coefficient (Wildman–Crippen LogP) is 5.63. The molecule has 0 saturated carbocycles. The van der Waals surface area contributed by atoms with Crippen LogP contribution < -0.4 is 0 Å². The van der Waals surface area contributed by atoms with Gasteiger partial charge in [0.05, 0.1) is 10.2 Å². The van der Waals surface area contributed by atoms with Crippen molar-refractivity contribution in [3.63, 3.8) is 0 Å². The van der Waals surface area contributed by atoms with Gasteiger partial charge in [-0.25, -0.2) is 9.69 Å². The van der Waals surface area contributed by atoms with Gasteiger partial charge in [0.25, 0.3) is 0 Å². The van der Waals surface area contributed by atoms with Crippen molar-refractivity contribution in [2.75, 3.05) is 0 Å². The number of hydrogen-bond acceptors (Lipinski definition) is 3. The lowest BCUT2D eigenvalue weighted by Crippen LogP contribution is -2.52. The van der Waals surface area contributed by atoms with Gasteiger partial charge in [0.1, 0.15) is 5.60 Å². The van der Waals surface area contributed by atoms with Gasteiger partial charge in [0.2, 0.25) is 5.91 Å². The minimum atomic E-state index is -0.811. The average Bonchev–Trinajstić information content (AvgIpc) is 2.91. The van der Waals surface area contributed by atoms with Crippen LogP contribution >= 0.6 is 23.2 Å². The van der Waals surface area contributed by atoms with Gasteiger partial charge < -0.3 is 4.74 Å². The van der Waals surface area contributed by atoms with Gasteiger partial charge in [-0.2, -0.15) is 0 Å². The Morgan fingerprint density at radius 1 is 1.17 bits per heavy atom. The summed E-state index contributed by atoms with van der Waals surface area (Å²) in [5.41, 5.74) is 2.09. The Labute approximate surface area is 184 Å². The number of carbonyl (C=O) groups is 2. The smallest absolute Gasteiger partial charge is 0.417 e. The highest BCUT2D eigenvalue weighted by atomic mass is 35.5. The third-order valence-corrected chi connectivity index (χ3v) is 5.91. The van der Waals surface area contributed by atoms with Crippen LogP contribution in [0.25, 0.3) is 11.1 Å². The standard InChI is InChI=1S/C22H22Cl2NO3Si/c1-21(2,3)28-20(27)25-19(26)10-11-22(25,29)13-14-4-6-15(7-5-14)17-12-16(23)8-9-18(17)24/h4-9,12H,10-11,13H2,1-3H3/t22-/m1/s1. The summed E-state index contributed by atoms with van der Waals surface area (Å²) in [5.74, 6) is -0.239. The maximum absolute atomic E-state index is 12.6. The van der Waals surface area contributed by atoms with Crippen LogP contribution in [0.2, 0.25) is 10.0 Å². The summed E-state index contributed by atoms with van der Waals surface area (Å²) >= 11 is 12.4. The molecule has 0 aliphatic carbocycles. The molecule has 3 rings (SSSR count). The van der Waals surface area contributed by atoms with E-state index in [1.165, 1.54) is 4.90 Å². The lowest BCUT2D eigenvalue weighted by atomic mass is 9.99. The van der Waals surface area contributed by atoms with E-state index in [0.717, 1.165) is 16.7 Å². The van der Waals surface area contributed by atoms with Crippen LogP contribution in [-0.2, 0) is 16.0 Å². The van der Waals surface area contributed by atoms with Gasteiger partial charge in [-0.1, -0.05) is 47.5 Å². The van der Waals surface area contributed by atoms with Crippen molar-refractivity contribution in [2.45, 2.75) is 50.8 Å². The first-order valence-corrected chi connectivity index (χ1v) is 10.6. The minimum Gasteiger partial charge on any atom is -0.443 e. The zero-order chi connectivity index (χ0) is 21.4. The molecule has 1 aliphatic heterocycles. The molecule has 4 nitrogen and oxygen atoms in total. The Morgan fingerprint density at radius 3 is 2.45 bits per heavy atom. The first-order chi connectivity index (χ1) is 13.5. The first-order valence-electron chi connectivity index (χ1n) is 9.34. The van der Waals surface area contributed by atoms with E-state index >= 15 is 0 Å². The molecule has 1 aliphatic rings. The largest absolute Gasteiger partial charge is 0.443 e. The highest BCUT2D eigenvalue weighted by molar-refractivity contribution is 6.35. The van der Waals surface area contributed by atoms with E-state index in [0.29, 0.717) is 29.3 Å². The molecular weight excluding hydrogens is 425 g/mol. The van der Waals surface area contributed by atoms with Crippen molar-refractivity contribution in [2.24, 2.45) is 0 Å². The van der Waals surface area contributed by atoms with E-state index in [-0.39, 0.29) is 5.91 Å². The molecule has 2 aromatic rings. The van der Waals surface area contributed by atoms with Crippen molar-refractivity contribution in [3.8, 4) is 11.1 Å². The Morgan fingerprint density at radius 2 is 1.83 bits per heavy atom. The normalized spacial score (nSPS) is 19.5. The SMILES string of the molecule is CC(C)(C)OC(=O)N1C(=O)CC[C@@]1([Si])Cc1ccc(-c2cc(Cl)ccc2Cl)cc1. The third-order valence-electron chi connectivity index (χ3n) is 4.70. The zero-order valence-corrected chi connectivity index (χ0v) is 19.1. The summed E-state index contributed by atoms with van der Waals surface area (Å²) in [7, 11) is 3.71. The van der Waals surface area contributed by atoms with Crippen LogP contribution in [0.15, 0.2) is 42.5 Å². The highest BCUT2D eigenvalue weighted by Crippen LogP contribution is 2.34. The van der Waals surface area contributed by atoms with E-state index in [4.69, 9.17) is 27.9 Å². The van der Waals surface area contributed by atoms with Crippen molar-refractivity contribution >= 4 is 45.4 Å². The van der Waals surface area contributed by atoms with Crippen LogP contribution in [0.4, 0.5) is 4.79 Å². The molecule has 1 fully saturated rings. The average molecular weight is 447 g/mol. The summed E-state index contributed by atoms with van der Waals surface area (Å²) in [6.45, 7) is 5.33. The zero-order valence-electron chi connectivity index (χ0n) is 16.6. The molecule has 3 radical (unpaired) electrons. The second kappa shape index (κ2) is 8.13. The Bertz CT molecular complexity index is 940. The van der Waals surface area contributed by atoms with Crippen LogP contribution in [-0.4, -0.2) is 37.9 Å². The molecule has 1 atom stereocenters. The lowest BCUT2D eigenvalue weighted by molar-refractivity contribution is -0.128. The van der Waals surface area contributed by atoms with Gasteiger partial charge in [-0.05, 0) is 62.9 Å². The van der Waals surface area contributed by atoms with Gasteiger partial charge in [-0.15, -0.1) is 0 Å². The number of likely N-dealkylation sites (tertiary alicyclic amines) is 1. The Kier molecular flexibility index (Phi) is 6.13. The summed E-state index contributed by atoms with van der Waals surface area (Å²) in [6.07, 6.45) is 0.652.